The summed E-state index contributed by atoms with van der Waals surface area (Å²) in [7, 11) is 0. The fourth-order valence-corrected chi connectivity index (χ4v) is 4.22. The Balaban J connectivity index is 1.58. The van der Waals surface area contributed by atoms with Crippen molar-refractivity contribution in [2.75, 3.05) is 39.5 Å². The normalized spacial score (nSPS) is 12.8. The second-order valence-corrected chi connectivity index (χ2v) is 8.54. The number of carbonyl (C=O) groups excluding carboxylic acids is 3. The average Bonchev–Trinajstić information content (AvgIpc) is 3.22. The number of ether oxygens (including phenoxy) is 2. The molecule has 0 fully saturated rings. The van der Waals surface area contributed by atoms with Gasteiger partial charge in [0.25, 0.3) is 0 Å². The number of carbonyl (C=O) groups is 3. The summed E-state index contributed by atoms with van der Waals surface area (Å²) in [5.41, 5.74) is 4.44. The number of hydrogen-bond acceptors (Lipinski definition) is 6. The Kier molecular flexibility index (Phi) is 10.7. The number of hydrogen-bond donors (Lipinski definition) is 4. The highest BCUT2D eigenvalue weighted by Gasteiger charge is 2.30. The first kappa shape index (κ1) is 27.2. The second kappa shape index (κ2) is 14.2. The SMILES string of the molecule is CCCNC(=O)CCC(NC(=O)OCC1c2ccccc2-c2ccccc21)C(=O)NCCOCCO. The molecule has 36 heavy (non-hydrogen) atoms. The zero-order chi connectivity index (χ0) is 25.8. The highest BCUT2D eigenvalue weighted by atomic mass is 16.5. The van der Waals surface area contributed by atoms with Gasteiger partial charge in [0.1, 0.15) is 12.6 Å². The van der Waals surface area contributed by atoms with E-state index in [1.54, 1.807) is 0 Å². The van der Waals surface area contributed by atoms with E-state index < -0.39 is 18.0 Å². The Hall–Kier alpha value is -3.43. The van der Waals surface area contributed by atoms with Gasteiger partial charge < -0.3 is 30.5 Å². The van der Waals surface area contributed by atoms with Crippen LogP contribution in [-0.4, -0.2) is 68.6 Å². The molecular weight excluding hydrogens is 462 g/mol. The lowest BCUT2D eigenvalue weighted by atomic mass is 9.98. The maximum Gasteiger partial charge on any atom is 0.407 e. The van der Waals surface area contributed by atoms with Gasteiger partial charge >= 0.3 is 6.09 Å². The molecule has 0 radical (unpaired) electrons. The van der Waals surface area contributed by atoms with E-state index in [0.717, 1.165) is 28.7 Å². The zero-order valence-electron chi connectivity index (χ0n) is 20.6. The van der Waals surface area contributed by atoms with Crippen LogP contribution in [0, 0.1) is 0 Å². The topological polar surface area (TPSA) is 126 Å². The summed E-state index contributed by atoms with van der Waals surface area (Å²) in [5.74, 6) is -0.714. The fraction of sp³-hybridized carbons (Fsp3) is 0.444. The maximum absolute atomic E-state index is 12.7. The molecule has 9 heteroatoms. The lowest BCUT2D eigenvalue weighted by Gasteiger charge is -2.20. The van der Waals surface area contributed by atoms with Crippen LogP contribution in [0.3, 0.4) is 0 Å². The molecular formula is C27H35N3O6. The number of alkyl carbamates (subject to hydrolysis) is 1. The molecule has 3 amide bonds. The molecule has 1 aliphatic rings. The van der Waals surface area contributed by atoms with Crippen LogP contribution in [0.15, 0.2) is 48.5 Å². The molecule has 0 spiro atoms. The molecule has 0 aromatic heterocycles. The van der Waals surface area contributed by atoms with E-state index in [4.69, 9.17) is 14.6 Å². The molecule has 9 nitrogen and oxygen atoms in total. The van der Waals surface area contributed by atoms with Crippen molar-refractivity contribution in [2.45, 2.75) is 38.1 Å². The Morgan fingerprint density at radius 1 is 0.944 bits per heavy atom. The predicted octanol–water partition coefficient (Wildman–Crippen LogP) is 2.33. The third-order valence-electron chi connectivity index (χ3n) is 5.97. The highest BCUT2D eigenvalue weighted by molar-refractivity contribution is 5.86. The van der Waals surface area contributed by atoms with Crippen LogP contribution in [0.5, 0.6) is 0 Å². The monoisotopic (exact) mass is 497 g/mol. The molecule has 0 saturated carbocycles. The largest absolute Gasteiger partial charge is 0.449 e. The number of aliphatic hydroxyl groups excluding tert-OH is 1. The van der Waals surface area contributed by atoms with Gasteiger partial charge in [-0.3, -0.25) is 9.59 Å². The van der Waals surface area contributed by atoms with Gasteiger partial charge in [-0.25, -0.2) is 4.79 Å². The third-order valence-corrected chi connectivity index (χ3v) is 5.97. The van der Waals surface area contributed by atoms with Gasteiger partial charge in [-0.2, -0.15) is 0 Å². The van der Waals surface area contributed by atoms with Crippen molar-refractivity contribution in [3.8, 4) is 11.1 Å². The fourth-order valence-electron chi connectivity index (χ4n) is 4.22. The molecule has 2 aromatic carbocycles. The van der Waals surface area contributed by atoms with Crippen LogP contribution >= 0.6 is 0 Å². The number of amides is 3. The molecule has 0 aliphatic heterocycles. The number of fused-ring (bicyclic) bond motifs is 3. The van der Waals surface area contributed by atoms with Gasteiger partial charge in [0.05, 0.1) is 19.8 Å². The van der Waals surface area contributed by atoms with E-state index in [0.29, 0.717) is 6.54 Å². The maximum atomic E-state index is 12.7. The molecule has 2 aromatic rings. The number of aliphatic hydroxyl groups is 1. The van der Waals surface area contributed by atoms with Gasteiger partial charge in [0.2, 0.25) is 11.8 Å². The predicted molar refractivity (Wildman–Crippen MR) is 135 cm³/mol. The van der Waals surface area contributed by atoms with E-state index in [9.17, 15) is 14.4 Å². The number of benzene rings is 2. The molecule has 1 aliphatic carbocycles. The first-order valence-corrected chi connectivity index (χ1v) is 12.4. The second-order valence-electron chi connectivity index (χ2n) is 8.54. The summed E-state index contributed by atoms with van der Waals surface area (Å²) in [6.07, 6.45) is 0.301. The van der Waals surface area contributed by atoms with Crippen LogP contribution in [0.25, 0.3) is 11.1 Å². The van der Waals surface area contributed by atoms with Crippen molar-refractivity contribution in [3.63, 3.8) is 0 Å². The van der Waals surface area contributed by atoms with Crippen LogP contribution in [0.4, 0.5) is 4.79 Å². The first-order chi connectivity index (χ1) is 17.5. The van der Waals surface area contributed by atoms with E-state index >= 15 is 0 Å². The minimum Gasteiger partial charge on any atom is -0.449 e. The third kappa shape index (κ3) is 7.53. The Labute approximate surface area is 211 Å². The quantitative estimate of drug-likeness (QED) is 0.297. The Morgan fingerprint density at radius 2 is 1.61 bits per heavy atom. The average molecular weight is 498 g/mol. The molecule has 1 atom stereocenters. The van der Waals surface area contributed by atoms with Gasteiger partial charge in [0.15, 0.2) is 0 Å². The van der Waals surface area contributed by atoms with Crippen molar-refractivity contribution in [3.05, 3.63) is 59.7 Å². The summed E-state index contributed by atoms with van der Waals surface area (Å²) in [5, 5.41) is 16.8. The standard InChI is InChI=1S/C27H35N3O6/c1-2-13-28-25(32)12-11-24(26(33)29-14-16-35-17-15-31)30-27(34)36-18-23-21-9-5-3-7-19(21)20-8-4-6-10-22(20)23/h3-10,23-24,31H,2,11-18H2,1H3,(H,28,32)(H,29,33)(H,30,34). The highest BCUT2D eigenvalue weighted by Crippen LogP contribution is 2.44. The molecule has 0 bridgehead atoms. The Bertz CT molecular complexity index is 983. The van der Waals surface area contributed by atoms with Gasteiger partial charge in [-0.1, -0.05) is 55.5 Å². The van der Waals surface area contributed by atoms with Gasteiger partial charge in [0, 0.05) is 25.4 Å². The Morgan fingerprint density at radius 3 is 2.25 bits per heavy atom. The first-order valence-electron chi connectivity index (χ1n) is 12.4. The van der Waals surface area contributed by atoms with E-state index in [1.807, 2.05) is 43.3 Å². The van der Waals surface area contributed by atoms with Crippen LogP contribution in [0.1, 0.15) is 43.2 Å². The molecule has 0 heterocycles. The lowest BCUT2D eigenvalue weighted by Crippen LogP contribution is -2.48. The molecule has 194 valence electrons. The summed E-state index contributed by atoms with van der Waals surface area (Å²) >= 11 is 0. The zero-order valence-corrected chi connectivity index (χ0v) is 20.6. The van der Waals surface area contributed by atoms with Crippen molar-refractivity contribution < 1.29 is 29.0 Å². The van der Waals surface area contributed by atoms with E-state index in [-0.39, 0.29) is 57.6 Å². The lowest BCUT2D eigenvalue weighted by molar-refractivity contribution is -0.124. The van der Waals surface area contributed by atoms with Crippen LogP contribution in [0.2, 0.25) is 0 Å². The summed E-state index contributed by atoms with van der Waals surface area (Å²) in [6, 6.07) is 15.1. The van der Waals surface area contributed by atoms with Gasteiger partial charge in [-0.05, 0) is 35.1 Å². The molecule has 3 rings (SSSR count). The van der Waals surface area contributed by atoms with Crippen LogP contribution in [-0.2, 0) is 19.1 Å². The molecule has 0 saturated heterocycles. The minimum atomic E-state index is -0.939. The molecule has 4 N–H and O–H groups in total. The van der Waals surface area contributed by atoms with Crippen molar-refractivity contribution in [2.24, 2.45) is 0 Å². The van der Waals surface area contributed by atoms with Crippen LogP contribution < -0.4 is 16.0 Å². The number of rotatable bonds is 14. The smallest absolute Gasteiger partial charge is 0.407 e. The van der Waals surface area contributed by atoms with Crippen molar-refractivity contribution in [1.29, 1.82) is 0 Å². The van der Waals surface area contributed by atoms with Gasteiger partial charge in [-0.15, -0.1) is 0 Å². The van der Waals surface area contributed by atoms with E-state index in [1.165, 1.54) is 0 Å². The van der Waals surface area contributed by atoms with E-state index in [2.05, 4.69) is 28.1 Å². The number of nitrogens with one attached hydrogen (secondary N) is 3. The van der Waals surface area contributed by atoms with Crippen molar-refractivity contribution >= 4 is 17.9 Å². The molecule has 1 unspecified atom stereocenters. The minimum absolute atomic E-state index is 0.0861. The summed E-state index contributed by atoms with van der Waals surface area (Å²) in [4.78, 5) is 37.5. The summed E-state index contributed by atoms with van der Waals surface area (Å²) in [6.45, 7) is 3.14. The van der Waals surface area contributed by atoms with Crippen molar-refractivity contribution in [1.82, 2.24) is 16.0 Å². The summed E-state index contributed by atoms with van der Waals surface area (Å²) < 4.78 is 10.7.